The second-order valence-corrected chi connectivity index (χ2v) is 16.3. The summed E-state index contributed by atoms with van der Waals surface area (Å²) in [7, 11) is 0. The Morgan fingerprint density at radius 3 is 0.820 bits per heavy atom. The molecule has 0 fully saturated rings. The Morgan fingerprint density at radius 2 is 0.620 bits per heavy atom. The second-order valence-electron chi connectivity index (χ2n) is 9.68. The van der Waals surface area contributed by atoms with Crippen LogP contribution in [-0.2, 0) is 19.4 Å². The van der Waals surface area contributed by atoms with Gasteiger partial charge in [-0.15, -0.1) is 0 Å². The summed E-state index contributed by atoms with van der Waals surface area (Å²) in [6.07, 6.45) is -19.3. The van der Waals surface area contributed by atoms with Crippen molar-refractivity contribution < 1.29 is 89.6 Å². The van der Waals surface area contributed by atoms with Crippen molar-refractivity contribution in [3.05, 3.63) is 0 Å². The van der Waals surface area contributed by atoms with Gasteiger partial charge in [0.1, 0.15) is 0 Å². The maximum atomic E-state index is 15.1. The summed E-state index contributed by atoms with van der Waals surface area (Å²) in [5, 5.41) is -11.7. The van der Waals surface area contributed by atoms with Gasteiger partial charge in [0.15, 0.2) is 8.67 Å². The van der Waals surface area contributed by atoms with Crippen molar-refractivity contribution in [3.8, 4) is 0 Å². The molecule has 4 nitrogen and oxygen atoms in total. The van der Waals surface area contributed by atoms with Crippen molar-refractivity contribution in [3.63, 3.8) is 0 Å². The van der Waals surface area contributed by atoms with Crippen LogP contribution in [0.3, 0.4) is 0 Å². The van der Waals surface area contributed by atoms with E-state index in [0.29, 0.717) is 0 Å². The fourth-order valence-corrected chi connectivity index (χ4v) is 5.68. The molecule has 50 heavy (non-hydrogen) atoms. The number of carbonyl (C=O) groups excluding carboxylic acids is 2. The average Bonchev–Trinajstić information content (AvgIpc) is 2.88. The predicted molar refractivity (Wildman–Crippen MR) is 149 cm³/mol. The van der Waals surface area contributed by atoms with Crippen molar-refractivity contribution in [2.75, 3.05) is 0 Å². The maximum Gasteiger partial charge on any atom is 0.431 e. The van der Waals surface area contributed by atoms with E-state index in [1.165, 1.54) is 0 Å². The van der Waals surface area contributed by atoms with Crippen LogP contribution >= 0.6 is 116 Å². The van der Waals surface area contributed by atoms with Crippen LogP contribution in [0, 0.1) is 0 Å². The van der Waals surface area contributed by atoms with E-state index in [9.17, 15) is 71.1 Å². The standard InChI is InChI=1S/C20H12Cl10F16O4/c21-9(22,3-1-5-11(31,32)33)15(25,26)17(29,41)19(43,44)13(37,38)7(47)49-50-8(48)14(39,40)20(45,46)18(30,42)16(27,28)10(23,24)4-2-6-12(34,35)36/h1-6H2. The van der Waals surface area contributed by atoms with Crippen LogP contribution in [0.1, 0.15) is 38.5 Å². The largest absolute Gasteiger partial charge is 0.431 e. The minimum atomic E-state index is -6.96. The molecule has 2 unspecified atom stereocenters. The zero-order valence-electron chi connectivity index (χ0n) is 22.7. The first-order valence-corrected chi connectivity index (χ1v) is 15.6. The third-order valence-electron chi connectivity index (χ3n) is 5.89. The van der Waals surface area contributed by atoms with Gasteiger partial charge in [0, 0.05) is 12.8 Å². The molecule has 0 aromatic carbocycles. The van der Waals surface area contributed by atoms with Crippen molar-refractivity contribution in [2.24, 2.45) is 0 Å². The van der Waals surface area contributed by atoms with Crippen molar-refractivity contribution in [2.45, 2.75) is 102 Å². The van der Waals surface area contributed by atoms with E-state index in [4.69, 9.17) is 116 Å². The molecule has 0 aliphatic heterocycles. The molecular formula is C20H12Cl10F16O4. The van der Waals surface area contributed by atoms with E-state index in [0.717, 1.165) is 0 Å². The van der Waals surface area contributed by atoms with Crippen LogP contribution in [0.4, 0.5) is 70.2 Å². The molecule has 0 aromatic rings. The van der Waals surface area contributed by atoms with E-state index in [1.54, 1.807) is 0 Å². The fraction of sp³-hybridized carbons (Fsp3) is 0.900. The zero-order valence-corrected chi connectivity index (χ0v) is 30.3. The Kier molecular flexibility index (Phi) is 15.9. The summed E-state index contributed by atoms with van der Waals surface area (Å²) in [6, 6.07) is 0. The second kappa shape index (κ2) is 15.7. The lowest BCUT2D eigenvalue weighted by molar-refractivity contribution is -0.324. The Morgan fingerprint density at radius 1 is 0.400 bits per heavy atom. The third-order valence-corrected chi connectivity index (χ3v) is 12.3. The Balaban J connectivity index is 6.25. The van der Waals surface area contributed by atoms with E-state index in [-0.39, 0.29) is 0 Å². The van der Waals surface area contributed by atoms with E-state index in [1.807, 2.05) is 0 Å². The summed E-state index contributed by atoms with van der Waals surface area (Å²) < 4.78 is 204. The predicted octanol–water partition coefficient (Wildman–Crippen LogP) is 12.5. The van der Waals surface area contributed by atoms with Crippen LogP contribution in [0.2, 0.25) is 0 Å². The SMILES string of the molecule is O=C(OOC(=O)C(F)(F)C(F)(F)C(F)(Cl)C(Cl)(Cl)C(Cl)(Cl)CCCC(F)(F)F)C(F)(F)C(F)(F)C(F)(Cl)C(Cl)(Cl)C(Cl)(Cl)CCCC(F)(F)F. The monoisotopic (exact) mass is 970 g/mol. The van der Waals surface area contributed by atoms with Gasteiger partial charge in [-0.1, -0.05) is 116 Å². The smallest absolute Gasteiger partial charge is 0.240 e. The Hall–Kier alpha value is 0.720. The summed E-state index contributed by atoms with van der Waals surface area (Å²) in [5.74, 6) is -36.1. The first kappa shape index (κ1) is 50.7. The van der Waals surface area contributed by atoms with Crippen molar-refractivity contribution in [1.29, 1.82) is 0 Å². The van der Waals surface area contributed by atoms with Gasteiger partial charge in [0.25, 0.3) is 10.3 Å². The molecule has 0 aliphatic carbocycles. The zero-order chi connectivity index (χ0) is 40.8. The molecule has 0 saturated heterocycles. The topological polar surface area (TPSA) is 52.6 Å². The number of carbonyl (C=O) groups is 2. The first-order valence-electron chi connectivity index (χ1n) is 11.8. The highest BCUT2D eigenvalue weighted by Crippen LogP contribution is 2.64. The van der Waals surface area contributed by atoms with E-state index < -0.39 is 114 Å². The Bertz CT molecular complexity index is 1130. The molecule has 0 N–H and O–H groups in total. The van der Waals surface area contributed by atoms with E-state index >= 15 is 8.78 Å². The quantitative estimate of drug-likeness (QED) is 0.0669. The van der Waals surface area contributed by atoms with Gasteiger partial charge < -0.3 is 0 Å². The number of hydrogen-bond donors (Lipinski definition) is 0. The average molecular weight is 975 g/mol. The summed E-state index contributed by atoms with van der Waals surface area (Å²) >= 11 is 51.8. The highest BCUT2D eigenvalue weighted by molar-refractivity contribution is 6.66. The summed E-state index contributed by atoms with van der Waals surface area (Å²) in [6.45, 7) is 0. The molecule has 0 amide bonds. The normalized spacial score (nSPS) is 17.6. The summed E-state index contributed by atoms with van der Waals surface area (Å²) in [4.78, 5) is 28.6. The third kappa shape index (κ3) is 9.93. The molecule has 0 heterocycles. The highest BCUT2D eigenvalue weighted by Gasteiger charge is 2.84. The van der Waals surface area contributed by atoms with Crippen molar-refractivity contribution in [1.82, 2.24) is 0 Å². The molecule has 298 valence electrons. The minimum absolute atomic E-state index is 1.30. The number of hydrogen-bond acceptors (Lipinski definition) is 4. The molecule has 0 bridgehead atoms. The Labute approximate surface area is 318 Å². The summed E-state index contributed by atoms with van der Waals surface area (Å²) in [5.41, 5.74) is 0. The molecule has 0 rings (SSSR count). The highest BCUT2D eigenvalue weighted by atomic mass is 35.6. The van der Waals surface area contributed by atoms with E-state index in [2.05, 4.69) is 9.78 Å². The van der Waals surface area contributed by atoms with Gasteiger partial charge in [0.05, 0.1) is 0 Å². The van der Waals surface area contributed by atoms with Gasteiger partial charge in [0.2, 0.25) is 8.67 Å². The van der Waals surface area contributed by atoms with Gasteiger partial charge in [-0.2, -0.15) is 61.5 Å². The van der Waals surface area contributed by atoms with Crippen LogP contribution in [0.25, 0.3) is 0 Å². The number of halogens is 26. The van der Waals surface area contributed by atoms with Gasteiger partial charge in [-0.05, 0) is 25.7 Å². The van der Waals surface area contributed by atoms with Gasteiger partial charge in [-0.25, -0.2) is 28.1 Å². The van der Waals surface area contributed by atoms with Crippen LogP contribution < -0.4 is 0 Å². The maximum absolute atomic E-state index is 15.1. The molecule has 0 radical (unpaired) electrons. The van der Waals surface area contributed by atoms with Crippen LogP contribution in [0.15, 0.2) is 0 Å². The number of alkyl halides is 26. The van der Waals surface area contributed by atoms with Crippen molar-refractivity contribution >= 4 is 128 Å². The van der Waals surface area contributed by atoms with Crippen LogP contribution in [-0.4, -0.2) is 75.6 Å². The van der Waals surface area contributed by atoms with Gasteiger partial charge >= 0.3 is 48.0 Å². The molecule has 0 aliphatic rings. The molecule has 0 spiro atoms. The van der Waals surface area contributed by atoms with Gasteiger partial charge in [-0.3, -0.25) is 0 Å². The fourth-order valence-electron chi connectivity index (χ4n) is 3.02. The van der Waals surface area contributed by atoms with Crippen LogP contribution in [0.5, 0.6) is 0 Å². The lowest BCUT2D eigenvalue weighted by Crippen LogP contribution is -2.68. The lowest BCUT2D eigenvalue weighted by Gasteiger charge is -2.44. The molecule has 2 atom stereocenters. The molecule has 0 saturated carbocycles. The molecule has 30 heteroatoms. The minimum Gasteiger partial charge on any atom is -0.240 e. The molecule has 0 aromatic heterocycles. The molecular weight excluding hydrogens is 963 g/mol. The lowest BCUT2D eigenvalue weighted by atomic mass is 9.98. The number of rotatable bonds is 16. The first-order chi connectivity index (χ1) is 21.5.